The molecule has 0 nitrogen and oxygen atoms in total. The van der Waals surface area contributed by atoms with Crippen molar-refractivity contribution >= 4 is 0 Å². The molecule has 0 heteroatoms. The minimum Gasteiger partial charge on any atom is -0.103 e. The first kappa shape index (κ1) is 14.0. The molecule has 0 saturated heterocycles. The fraction of sp³-hybridized carbons (Fsp3) is 0.529. The van der Waals surface area contributed by atoms with Gasteiger partial charge in [0.25, 0.3) is 0 Å². The molecular formula is C17H26. The van der Waals surface area contributed by atoms with E-state index in [1.807, 2.05) is 6.08 Å². The summed E-state index contributed by atoms with van der Waals surface area (Å²) in [4.78, 5) is 0. The van der Waals surface area contributed by atoms with E-state index >= 15 is 0 Å². The van der Waals surface area contributed by atoms with Crippen molar-refractivity contribution in [3.63, 3.8) is 0 Å². The third-order valence-electron chi connectivity index (χ3n) is 2.88. The minimum atomic E-state index is 0.380. The van der Waals surface area contributed by atoms with Crippen LogP contribution in [0.25, 0.3) is 0 Å². The fourth-order valence-electron chi connectivity index (χ4n) is 2.05. The lowest BCUT2D eigenvalue weighted by Gasteiger charge is -2.18. The summed E-state index contributed by atoms with van der Waals surface area (Å²) in [5, 5.41) is 0. The van der Waals surface area contributed by atoms with Crippen LogP contribution in [0.4, 0.5) is 0 Å². The first-order chi connectivity index (χ1) is 8.01. The van der Waals surface area contributed by atoms with Gasteiger partial charge in [-0.1, -0.05) is 51.1 Å². The van der Waals surface area contributed by atoms with Crippen LogP contribution in [0.15, 0.2) is 36.9 Å². The van der Waals surface area contributed by atoms with Gasteiger partial charge < -0.3 is 0 Å². The van der Waals surface area contributed by atoms with Gasteiger partial charge in [-0.3, -0.25) is 0 Å². The third-order valence-corrected chi connectivity index (χ3v) is 2.88. The van der Waals surface area contributed by atoms with Crippen LogP contribution in [0.3, 0.4) is 0 Å². The normalized spacial score (nSPS) is 11.5. The quantitative estimate of drug-likeness (QED) is 0.467. The third kappa shape index (κ3) is 6.31. The van der Waals surface area contributed by atoms with Gasteiger partial charge in [0, 0.05) is 0 Å². The van der Waals surface area contributed by atoms with E-state index in [1.165, 1.54) is 30.4 Å². The van der Waals surface area contributed by atoms with Crippen molar-refractivity contribution in [3.05, 3.63) is 48.0 Å². The van der Waals surface area contributed by atoms with E-state index in [2.05, 4.69) is 51.6 Å². The maximum atomic E-state index is 3.75. The van der Waals surface area contributed by atoms with Crippen molar-refractivity contribution in [2.45, 2.75) is 52.9 Å². The molecule has 0 spiro atoms. The van der Waals surface area contributed by atoms with Gasteiger partial charge in [-0.05, 0) is 48.6 Å². The molecule has 0 radical (unpaired) electrons. The Morgan fingerprint density at radius 1 is 1.00 bits per heavy atom. The zero-order valence-corrected chi connectivity index (χ0v) is 11.6. The SMILES string of the molecule is C=CCCCCc1ccc(CC(C)(C)C)cc1. The van der Waals surface area contributed by atoms with Crippen LogP contribution < -0.4 is 0 Å². The highest BCUT2D eigenvalue weighted by Gasteiger charge is 2.10. The number of benzene rings is 1. The smallest absolute Gasteiger partial charge is 0.0230 e. The highest BCUT2D eigenvalue weighted by Crippen LogP contribution is 2.21. The molecule has 1 aromatic carbocycles. The Kier molecular flexibility index (Phi) is 5.47. The first-order valence-electron chi connectivity index (χ1n) is 6.70. The number of hydrogen-bond donors (Lipinski definition) is 0. The predicted molar refractivity (Wildman–Crippen MR) is 77.4 cm³/mol. The van der Waals surface area contributed by atoms with Crippen LogP contribution in [0.2, 0.25) is 0 Å². The van der Waals surface area contributed by atoms with E-state index in [9.17, 15) is 0 Å². The van der Waals surface area contributed by atoms with Crippen LogP contribution >= 0.6 is 0 Å². The van der Waals surface area contributed by atoms with Gasteiger partial charge >= 0.3 is 0 Å². The van der Waals surface area contributed by atoms with Crippen LogP contribution in [-0.2, 0) is 12.8 Å². The summed E-state index contributed by atoms with van der Waals surface area (Å²) in [5.41, 5.74) is 3.30. The summed E-state index contributed by atoms with van der Waals surface area (Å²) < 4.78 is 0. The van der Waals surface area contributed by atoms with Crippen LogP contribution in [0.1, 0.15) is 51.2 Å². The summed E-state index contributed by atoms with van der Waals surface area (Å²) in [7, 11) is 0. The summed E-state index contributed by atoms with van der Waals surface area (Å²) >= 11 is 0. The average Bonchev–Trinajstić information content (AvgIpc) is 2.25. The summed E-state index contributed by atoms with van der Waals surface area (Å²) in [6.07, 6.45) is 8.03. The fourth-order valence-corrected chi connectivity index (χ4v) is 2.05. The Balaban J connectivity index is 2.42. The molecule has 0 amide bonds. The van der Waals surface area contributed by atoms with E-state index < -0.39 is 0 Å². The standard InChI is InChI=1S/C17H26/c1-5-6-7-8-9-15-10-12-16(13-11-15)14-17(2,3)4/h5,10-13H,1,6-9,14H2,2-4H3. The highest BCUT2D eigenvalue weighted by molar-refractivity contribution is 5.23. The zero-order chi connectivity index (χ0) is 12.7. The molecule has 0 N–H and O–H groups in total. The van der Waals surface area contributed by atoms with Gasteiger partial charge in [0.15, 0.2) is 0 Å². The van der Waals surface area contributed by atoms with E-state index in [-0.39, 0.29) is 0 Å². The maximum Gasteiger partial charge on any atom is -0.0230 e. The van der Waals surface area contributed by atoms with Gasteiger partial charge in [0.2, 0.25) is 0 Å². The molecule has 0 heterocycles. The zero-order valence-electron chi connectivity index (χ0n) is 11.6. The minimum absolute atomic E-state index is 0.380. The lowest BCUT2D eigenvalue weighted by Crippen LogP contribution is -2.08. The molecule has 0 aliphatic rings. The Morgan fingerprint density at radius 3 is 2.12 bits per heavy atom. The average molecular weight is 230 g/mol. The number of hydrogen-bond acceptors (Lipinski definition) is 0. The van der Waals surface area contributed by atoms with Crippen molar-refractivity contribution in [3.8, 4) is 0 Å². The maximum absolute atomic E-state index is 3.75. The van der Waals surface area contributed by atoms with Crippen molar-refractivity contribution in [1.82, 2.24) is 0 Å². The van der Waals surface area contributed by atoms with Gasteiger partial charge in [-0.15, -0.1) is 6.58 Å². The molecule has 0 atom stereocenters. The molecule has 0 fully saturated rings. The molecule has 17 heavy (non-hydrogen) atoms. The molecular weight excluding hydrogens is 204 g/mol. The Hall–Kier alpha value is -1.04. The molecule has 0 aliphatic carbocycles. The lowest BCUT2D eigenvalue weighted by atomic mass is 9.88. The molecule has 1 rings (SSSR count). The van der Waals surface area contributed by atoms with Gasteiger partial charge in [-0.25, -0.2) is 0 Å². The summed E-state index contributed by atoms with van der Waals surface area (Å²) in [5.74, 6) is 0. The monoisotopic (exact) mass is 230 g/mol. The van der Waals surface area contributed by atoms with Gasteiger partial charge in [0.05, 0.1) is 0 Å². The topological polar surface area (TPSA) is 0 Å². The second kappa shape index (κ2) is 6.64. The van der Waals surface area contributed by atoms with Crippen LogP contribution in [0.5, 0.6) is 0 Å². The van der Waals surface area contributed by atoms with E-state index in [0.29, 0.717) is 5.41 Å². The first-order valence-corrected chi connectivity index (χ1v) is 6.70. The van der Waals surface area contributed by atoms with Crippen molar-refractivity contribution < 1.29 is 0 Å². The van der Waals surface area contributed by atoms with Crippen LogP contribution in [0, 0.1) is 5.41 Å². The largest absolute Gasteiger partial charge is 0.103 e. The van der Waals surface area contributed by atoms with E-state index in [0.717, 1.165) is 12.8 Å². The van der Waals surface area contributed by atoms with Crippen molar-refractivity contribution in [2.75, 3.05) is 0 Å². The number of aryl methyl sites for hydroxylation is 1. The Labute approximate surface area is 107 Å². The van der Waals surface area contributed by atoms with Crippen molar-refractivity contribution in [2.24, 2.45) is 5.41 Å². The predicted octanol–water partition coefficient (Wildman–Crippen LogP) is 5.17. The number of rotatable bonds is 6. The van der Waals surface area contributed by atoms with Gasteiger partial charge in [0.1, 0.15) is 0 Å². The second-order valence-electron chi connectivity index (χ2n) is 6.09. The van der Waals surface area contributed by atoms with E-state index in [1.54, 1.807) is 0 Å². The van der Waals surface area contributed by atoms with E-state index in [4.69, 9.17) is 0 Å². The summed E-state index contributed by atoms with van der Waals surface area (Å²) in [6, 6.07) is 9.14. The molecule has 0 unspecified atom stereocenters. The Morgan fingerprint density at radius 2 is 1.59 bits per heavy atom. The van der Waals surface area contributed by atoms with Gasteiger partial charge in [-0.2, -0.15) is 0 Å². The number of allylic oxidation sites excluding steroid dienone is 1. The number of unbranched alkanes of at least 4 members (excludes halogenated alkanes) is 2. The van der Waals surface area contributed by atoms with Crippen LogP contribution in [-0.4, -0.2) is 0 Å². The summed E-state index contributed by atoms with van der Waals surface area (Å²) in [6.45, 7) is 10.6. The molecule has 0 aliphatic heterocycles. The molecule has 1 aromatic rings. The lowest BCUT2D eigenvalue weighted by molar-refractivity contribution is 0.411. The van der Waals surface area contributed by atoms with Crippen molar-refractivity contribution in [1.29, 1.82) is 0 Å². The Bertz CT molecular complexity index is 324. The molecule has 0 aromatic heterocycles. The molecule has 0 bridgehead atoms. The second-order valence-corrected chi connectivity index (χ2v) is 6.09. The highest BCUT2D eigenvalue weighted by atomic mass is 14.2. The molecule has 0 saturated carbocycles. The molecule has 94 valence electrons.